The van der Waals surface area contributed by atoms with E-state index in [4.69, 9.17) is 15.2 Å². The summed E-state index contributed by atoms with van der Waals surface area (Å²) in [5.41, 5.74) is 7.40. The molecule has 6 nitrogen and oxygen atoms in total. The van der Waals surface area contributed by atoms with E-state index < -0.39 is 0 Å². The molecular formula is C15H19N3O3. The molecule has 2 atom stereocenters. The van der Waals surface area contributed by atoms with Crippen molar-refractivity contribution in [1.82, 2.24) is 4.90 Å². The van der Waals surface area contributed by atoms with Crippen LogP contribution >= 0.6 is 0 Å². The number of nitrogens with two attached hydrogens (primary N) is 1. The second-order valence-electron chi connectivity index (χ2n) is 4.96. The first kappa shape index (κ1) is 15.3. The van der Waals surface area contributed by atoms with Crippen LogP contribution in [0.5, 0.6) is 5.75 Å². The molecule has 2 rings (SSSR count). The highest BCUT2D eigenvalue weighted by atomic mass is 16.5. The van der Waals surface area contributed by atoms with E-state index in [1.807, 2.05) is 6.07 Å². The summed E-state index contributed by atoms with van der Waals surface area (Å²) in [6, 6.07) is 6.91. The monoisotopic (exact) mass is 289 g/mol. The molecule has 21 heavy (non-hydrogen) atoms. The van der Waals surface area contributed by atoms with E-state index in [-0.39, 0.29) is 18.0 Å². The Balaban J connectivity index is 2.34. The third kappa shape index (κ3) is 2.99. The highest BCUT2D eigenvalue weighted by Gasteiger charge is 2.38. The molecule has 0 saturated carbocycles. The van der Waals surface area contributed by atoms with Crippen LogP contribution in [-0.2, 0) is 9.53 Å². The van der Waals surface area contributed by atoms with Crippen molar-refractivity contribution in [3.05, 3.63) is 29.3 Å². The van der Waals surface area contributed by atoms with Crippen molar-refractivity contribution in [1.29, 1.82) is 5.26 Å². The van der Waals surface area contributed by atoms with Crippen LogP contribution in [0.1, 0.15) is 23.6 Å². The molecule has 6 heteroatoms. The Morgan fingerprint density at radius 2 is 2.24 bits per heavy atom. The van der Waals surface area contributed by atoms with Crippen molar-refractivity contribution < 1.29 is 14.3 Å². The summed E-state index contributed by atoms with van der Waals surface area (Å²) in [4.78, 5) is 13.8. The standard InChI is InChI=1S/C15H19N3O3/c1-20-6-5-18-14(19)8-12(17)15(18)10-3-4-13(21-2)11(7-10)9-16/h3-4,7,12,15H,5-6,8,17H2,1-2H3. The number of carbonyl (C=O) groups excluding carboxylic acids is 1. The average molecular weight is 289 g/mol. The van der Waals surface area contributed by atoms with Crippen LogP contribution in [-0.4, -0.2) is 44.2 Å². The molecule has 2 unspecified atom stereocenters. The first-order valence-electron chi connectivity index (χ1n) is 6.74. The molecule has 1 saturated heterocycles. The molecule has 0 radical (unpaired) electrons. The zero-order chi connectivity index (χ0) is 15.4. The summed E-state index contributed by atoms with van der Waals surface area (Å²) in [5.74, 6) is 0.529. The lowest BCUT2D eigenvalue weighted by atomic mass is 9.98. The minimum Gasteiger partial charge on any atom is -0.495 e. The molecule has 0 aromatic heterocycles. The Hall–Kier alpha value is -2.10. The normalized spacial score (nSPS) is 21.4. The molecule has 1 aliphatic rings. The maximum atomic E-state index is 12.1. The minimum atomic E-state index is -0.283. The first-order chi connectivity index (χ1) is 10.1. The Kier molecular flexibility index (Phi) is 4.78. The van der Waals surface area contributed by atoms with Crippen molar-refractivity contribution in [2.45, 2.75) is 18.5 Å². The smallest absolute Gasteiger partial charge is 0.224 e. The molecule has 2 N–H and O–H groups in total. The Morgan fingerprint density at radius 3 is 2.86 bits per heavy atom. The van der Waals surface area contributed by atoms with Crippen LogP contribution in [0.25, 0.3) is 0 Å². The summed E-state index contributed by atoms with van der Waals surface area (Å²) in [5, 5.41) is 9.18. The molecule has 112 valence electrons. The summed E-state index contributed by atoms with van der Waals surface area (Å²) >= 11 is 0. The van der Waals surface area contributed by atoms with Gasteiger partial charge in [0.05, 0.1) is 25.3 Å². The number of likely N-dealkylation sites (tertiary alicyclic amines) is 1. The fourth-order valence-electron chi connectivity index (χ4n) is 2.69. The van der Waals surface area contributed by atoms with Crippen LogP contribution in [0.15, 0.2) is 18.2 Å². The third-order valence-electron chi connectivity index (χ3n) is 3.69. The largest absolute Gasteiger partial charge is 0.495 e. The van der Waals surface area contributed by atoms with Crippen molar-refractivity contribution in [2.24, 2.45) is 5.73 Å². The number of amides is 1. The molecular weight excluding hydrogens is 270 g/mol. The first-order valence-corrected chi connectivity index (χ1v) is 6.74. The van der Waals surface area contributed by atoms with E-state index >= 15 is 0 Å². The molecule has 1 aliphatic heterocycles. The van der Waals surface area contributed by atoms with Crippen LogP contribution < -0.4 is 10.5 Å². The van der Waals surface area contributed by atoms with Gasteiger partial charge in [-0.05, 0) is 17.7 Å². The quantitative estimate of drug-likeness (QED) is 0.866. The number of nitriles is 1. The molecule has 1 heterocycles. The molecule has 0 spiro atoms. The lowest BCUT2D eigenvalue weighted by Gasteiger charge is -2.27. The number of hydrogen-bond acceptors (Lipinski definition) is 5. The summed E-state index contributed by atoms with van der Waals surface area (Å²) in [7, 11) is 3.11. The zero-order valence-electron chi connectivity index (χ0n) is 12.2. The third-order valence-corrected chi connectivity index (χ3v) is 3.69. The van der Waals surface area contributed by atoms with Gasteiger partial charge in [-0.2, -0.15) is 5.26 Å². The fraction of sp³-hybridized carbons (Fsp3) is 0.467. The number of benzene rings is 1. The number of carbonyl (C=O) groups is 1. The average Bonchev–Trinajstić information content (AvgIpc) is 2.78. The predicted molar refractivity (Wildman–Crippen MR) is 76.6 cm³/mol. The Bertz CT molecular complexity index is 568. The molecule has 1 fully saturated rings. The highest BCUT2D eigenvalue weighted by molar-refractivity contribution is 5.80. The van der Waals surface area contributed by atoms with Gasteiger partial charge in [-0.15, -0.1) is 0 Å². The number of nitrogens with zero attached hydrogens (tertiary/aromatic N) is 2. The second kappa shape index (κ2) is 6.57. The van der Waals surface area contributed by atoms with Gasteiger partial charge < -0.3 is 20.1 Å². The molecule has 0 aliphatic carbocycles. The lowest BCUT2D eigenvalue weighted by molar-refractivity contribution is -0.129. The minimum absolute atomic E-state index is 0.0128. The van der Waals surface area contributed by atoms with Gasteiger partial charge in [0.15, 0.2) is 0 Å². The zero-order valence-corrected chi connectivity index (χ0v) is 12.2. The molecule has 1 amide bonds. The van der Waals surface area contributed by atoms with Gasteiger partial charge in [0.1, 0.15) is 11.8 Å². The van der Waals surface area contributed by atoms with Gasteiger partial charge in [-0.25, -0.2) is 0 Å². The van der Waals surface area contributed by atoms with E-state index in [0.29, 0.717) is 30.9 Å². The Labute approximate surface area is 124 Å². The SMILES string of the molecule is COCCN1C(=O)CC(N)C1c1ccc(OC)c(C#N)c1. The van der Waals surface area contributed by atoms with E-state index in [1.165, 1.54) is 7.11 Å². The van der Waals surface area contributed by atoms with Crippen LogP contribution in [0.3, 0.4) is 0 Å². The van der Waals surface area contributed by atoms with Gasteiger partial charge in [0.25, 0.3) is 0 Å². The van der Waals surface area contributed by atoms with E-state index in [9.17, 15) is 10.1 Å². The predicted octanol–water partition coefficient (Wildman–Crippen LogP) is 0.814. The van der Waals surface area contributed by atoms with Crippen molar-refractivity contribution in [3.8, 4) is 11.8 Å². The number of methoxy groups -OCH3 is 2. The maximum absolute atomic E-state index is 12.1. The summed E-state index contributed by atoms with van der Waals surface area (Å²) in [6.07, 6.45) is 0.308. The van der Waals surface area contributed by atoms with Crippen molar-refractivity contribution >= 4 is 5.91 Å². The number of rotatable bonds is 5. The van der Waals surface area contributed by atoms with Gasteiger partial charge in [0, 0.05) is 26.1 Å². The van der Waals surface area contributed by atoms with E-state index in [2.05, 4.69) is 6.07 Å². The fourth-order valence-corrected chi connectivity index (χ4v) is 2.69. The number of ether oxygens (including phenoxy) is 2. The van der Waals surface area contributed by atoms with Gasteiger partial charge >= 0.3 is 0 Å². The van der Waals surface area contributed by atoms with Gasteiger partial charge in [0.2, 0.25) is 5.91 Å². The molecule has 1 aromatic carbocycles. The highest BCUT2D eigenvalue weighted by Crippen LogP contribution is 2.33. The Morgan fingerprint density at radius 1 is 1.48 bits per heavy atom. The van der Waals surface area contributed by atoms with E-state index in [1.54, 1.807) is 24.1 Å². The van der Waals surface area contributed by atoms with Gasteiger partial charge in [-0.3, -0.25) is 4.79 Å². The number of hydrogen-bond donors (Lipinski definition) is 1. The topological polar surface area (TPSA) is 88.6 Å². The van der Waals surface area contributed by atoms with Crippen molar-refractivity contribution in [3.63, 3.8) is 0 Å². The molecule has 0 bridgehead atoms. The lowest BCUT2D eigenvalue weighted by Crippen LogP contribution is -2.35. The van der Waals surface area contributed by atoms with Gasteiger partial charge in [-0.1, -0.05) is 6.07 Å². The second-order valence-corrected chi connectivity index (χ2v) is 4.96. The maximum Gasteiger partial charge on any atom is 0.224 e. The summed E-state index contributed by atoms with van der Waals surface area (Å²) < 4.78 is 10.2. The van der Waals surface area contributed by atoms with Crippen LogP contribution in [0, 0.1) is 11.3 Å². The van der Waals surface area contributed by atoms with E-state index in [0.717, 1.165) is 5.56 Å². The summed E-state index contributed by atoms with van der Waals surface area (Å²) in [6.45, 7) is 0.942. The van der Waals surface area contributed by atoms with Crippen molar-refractivity contribution in [2.75, 3.05) is 27.4 Å². The molecule has 1 aromatic rings. The van der Waals surface area contributed by atoms with Crippen LogP contribution in [0.2, 0.25) is 0 Å². The van der Waals surface area contributed by atoms with Crippen LogP contribution in [0.4, 0.5) is 0 Å².